The van der Waals surface area contributed by atoms with E-state index in [0.29, 0.717) is 5.69 Å². The number of halogens is 1. The molecule has 0 radical (unpaired) electrons. The monoisotopic (exact) mass is 222 g/mol. The van der Waals surface area contributed by atoms with Crippen LogP contribution in [-0.4, -0.2) is 16.7 Å². The molecule has 2 N–H and O–H groups in total. The zero-order chi connectivity index (χ0) is 12.3. The Morgan fingerprint density at radius 1 is 1.50 bits per heavy atom. The average Bonchev–Trinajstić information content (AvgIpc) is 2.19. The lowest BCUT2D eigenvalue weighted by atomic mass is 10.00. The number of anilines is 1. The maximum atomic E-state index is 12.9. The Hall–Kier alpha value is -1.60. The second-order valence-corrected chi connectivity index (χ2v) is 4.32. The fourth-order valence-corrected chi connectivity index (χ4v) is 1.14. The van der Waals surface area contributed by atoms with Gasteiger partial charge in [-0.2, -0.15) is 5.26 Å². The quantitative estimate of drug-likeness (QED) is 0.824. The van der Waals surface area contributed by atoms with E-state index in [1.165, 1.54) is 18.2 Å². The minimum absolute atomic E-state index is 0.233. The molecule has 0 saturated heterocycles. The first-order chi connectivity index (χ1) is 7.34. The van der Waals surface area contributed by atoms with E-state index in [1.54, 1.807) is 20.8 Å². The van der Waals surface area contributed by atoms with Crippen LogP contribution in [0.5, 0.6) is 0 Å². The van der Waals surface area contributed by atoms with Crippen molar-refractivity contribution in [1.29, 1.82) is 5.26 Å². The molecule has 1 rings (SSSR count). The number of nitrogens with one attached hydrogen (secondary N) is 1. The molecule has 0 spiro atoms. The van der Waals surface area contributed by atoms with Crippen LogP contribution in [0.4, 0.5) is 10.1 Å². The molecule has 1 aromatic rings. The number of aliphatic hydroxyl groups is 1. The Kier molecular flexibility index (Phi) is 3.51. The standard InChI is InChI=1S/C12H15FN2O/c1-8(12(2,3)16)15-11-5-4-10(13)6-9(11)7-14/h4-6,8,15-16H,1-3H3. The van der Waals surface area contributed by atoms with Gasteiger partial charge in [-0.05, 0) is 39.0 Å². The van der Waals surface area contributed by atoms with E-state index in [-0.39, 0.29) is 11.6 Å². The summed E-state index contributed by atoms with van der Waals surface area (Å²) in [4.78, 5) is 0. The third-order valence-electron chi connectivity index (χ3n) is 2.53. The fraction of sp³-hybridized carbons (Fsp3) is 0.417. The van der Waals surface area contributed by atoms with Crippen LogP contribution < -0.4 is 5.32 Å². The molecule has 0 amide bonds. The second-order valence-electron chi connectivity index (χ2n) is 4.32. The van der Waals surface area contributed by atoms with Gasteiger partial charge in [0.05, 0.1) is 22.9 Å². The topological polar surface area (TPSA) is 56.0 Å². The van der Waals surface area contributed by atoms with Crippen molar-refractivity contribution in [3.8, 4) is 6.07 Å². The summed E-state index contributed by atoms with van der Waals surface area (Å²) in [7, 11) is 0. The first-order valence-corrected chi connectivity index (χ1v) is 5.03. The van der Waals surface area contributed by atoms with E-state index in [4.69, 9.17) is 5.26 Å². The van der Waals surface area contributed by atoms with Crippen molar-refractivity contribution in [3.63, 3.8) is 0 Å². The third-order valence-corrected chi connectivity index (χ3v) is 2.53. The van der Waals surface area contributed by atoms with E-state index < -0.39 is 11.4 Å². The molecule has 0 aliphatic carbocycles. The molecule has 3 nitrogen and oxygen atoms in total. The highest BCUT2D eigenvalue weighted by Crippen LogP contribution is 2.20. The summed E-state index contributed by atoms with van der Waals surface area (Å²) in [6, 6.07) is 5.60. The van der Waals surface area contributed by atoms with Gasteiger partial charge < -0.3 is 10.4 Å². The molecule has 0 aliphatic rings. The minimum atomic E-state index is -0.916. The predicted octanol–water partition coefficient (Wildman–Crippen LogP) is 2.27. The molecular formula is C12H15FN2O. The van der Waals surface area contributed by atoms with Gasteiger partial charge in [-0.3, -0.25) is 0 Å². The minimum Gasteiger partial charge on any atom is -0.388 e. The van der Waals surface area contributed by atoms with Gasteiger partial charge in [0.15, 0.2) is 0 Å². The van der Waals surface area contributed by atoms with Crippen LogP contribution in [0.1, 0.15) is 26.3 Å². The van der Waals surface area contributed by atoms with E-state index >= 15 is 0 Å². The maximum absolute atomic E-state index is 12.9. The second kappa shape index (κ2) is 4.50. The molecule has 0 saturated carbocycles. The summed E-state index contributed by atoms with van der Waals surface area (Å²) >= 11 is 0. The van der Waals surface area contributed by atoms with E-state index in [2.05, 4.69) is 5.32 Å². The highest BCUT2D eigenvalue weighted by molar-refractivity contribution is 5.58. The van der Waals surface area contributed by atoms with E-state index in [9.17, 15) is 9.50 Å². The fourth-order valence-electron chi connectivity index (χ4n) is 1.14. The lowest BCUT2D eigenvalue weighted by Gasteiger charge is -2.28. The van der Waals surface area contributed by atoms with Gasteiger partial charge in [0.2, 0.25) is 0 Å². The maximum Gasteiger partial charge on any atom is 0.124 e. The number of hydrogen-bond acceptors (Lipinski definition) is 3. The lowest BCUT2D eigenvalue weighted by Crippen LogP contribution is -2.39. The van der Waals surface area contributed by atoms with Crippen LogP contribution in [0.2, 0.25) is 0 Å². The highest BCUT2D eigenvalue weighted by Gasteiger charge is 2.22. The molecule has 4 heteroatoms. The molecule has 0 heterocycles. The van der Waals surface area contributed by atoms with Crippen LogP contribution >= 0.6 is 0 Å². The Balaban J connectivity index is 2.95. The summed E-state index contributed by atoms with van der Waals surface area (Å²) in [5.41, 5.74) is -0.157. The van der Waals surface area contributed by atoms with Crippen LogP contribution in [-0.2, 0) is 0 Å². The lowest BCUT2D eigenvalue weighted by molar-refractivity contribution is 0.0649. The summed E-state index contributed by atoms with van der Waals surface area (Å²) in [5.74, 6) is -0.446. The average molecular weight is 222 g/mol. The largest absolute Gasteiger partial charge is 0.388 e. The molecule has 0 fully saturated rings. The molecule has 0 bridgehead atoms. The van der Waals surface area contributed by atoms with Crippen molar-refractivity contribution in [2.24, 2.45) is 0 Å². The molecule has 0 aliphatic heterocycles. The number of hydrogen-bond donors (Lipinski definition) is 2. The Bertz CT molecular complexity index is 418. The van der Waals surface area contributed by atoms with Crippen molar-refractivity contribution >= 4 is 5.69 Å². The van der Waals surface area contributed by atoms with Gasteiger partial charge in [0, 0.05) is 0 Å². The summed E-state index contributed by atoms with van der Waals surface area (Å²) in [6.07, 6.45) is 0. The zero-order valence-corrected chi connectivity index (χ0v) is 9.58. The molecule has 1 atom stereocenters. The van der Waals surface area contributed by atoms with Crippen molar-refractivity contribution in [2.45, 2.75) is 32.4 Å². The van der Waals surface area contributed by atoms with Crippen molar-refractivity contribution in [1.82, 2.24) is 0 Å². The molecule has 1 unspecified atom stereocenters. The van der Waals surface area contributed by atoms with Crippen LogP contribution in [0, 0.1) is 17.1 Å². The van der Waals surface area contributed by atoms with Gasteiger partial charge in [-0.25, -0.2) is 4.39 Å². The van der Waals surface area contributed by atoms with Gasteiger partial charge in [-0.1, -0.05) is 0 Å². The number of nitrogens with zero attached hydrogens (tertiary/aromatic N) is 1. The normalized spacial score (nSPS) is 13.0. The summed E-state index contributed by atoms with van der Waals surface area (Å²) in [6.45, 7) is 5.13. The van der Waals surface area contributed by atoms with Crippen LogP contribution in [0.3, 0.4) is 0 Å². The Labute approximate surface area is 94.5 Å². The summed E-state index contributed by atoms with van der Waals surface area (Å²) in [5, 5.41) is 21.6. The van der Waals surface area contributed by atoms with Crippen molar-refractivity contribution < 1.29 is 9.50 Å². The van der Waals surface area contributed by atoms with E-state index in [0.717, 1.165) is 0 Å². The number of benzene rings is 1. The first kappa shape index (κ1) is 12.5. The molecule has 1 aromatic carbocycles. The van der Waals surface area contributed by atoms with Crippen molar-refractivity contribution in [3.05, 3.63) is 29.6 Å². The highest BCUT2D eigenvalue weighted by atomic mass is 19.1. The molecule has 16 heavy (non-hydrogen) atoms. The molecule has 86 valence electrons. The third kappa shape index (κ3) is 2.94. The molecular weight excluding hydrogens is 207 g/mol. The van der Waals surface area contributed by atoms with Gasteiger partial charge >= 0.3 is 0 Å². The summed E-state index contributed by atoms with van der Waals surface area (Å²) < 4.78 is 12.9. The zero-order valence-electron chi connectivity index (χ0n) is 9.58. The Morgan fingerprint density at radius 2 is 2.12 bits per heavy atom. The van der Waals surface area contributed by atoms with E-state index in [1.807, 2.05) is 6.07 Å². The smallest absolute Gasteiger partial charge is 0.124 e. The SMILES string of the molecule is CC(Nc1ccc(F)cc1C#N)C(C)(C)O. The number of nitriles is 1. The first-order valence-electron chi connectivity index (χ1n) is 5.03. The predicted molar refractivity (Wildman–Crippen MR) is 60.5 cm³/mol. The van der Waals surface area contributed by atoms with Crippen LogP contribution in [0.25, 0.3) is 0 Å². The van der Waals surface area contributed by atoms with Gasteiger partial charge in [-0.15, -0.1) is 0 Å². The molecule has 0 aromatic heterocycles. The van der Waals surface area contributed by atoms with Crippen molar-refractivity contribution in [2.75, 3.05) is 5.32 Å². The van der Waals surface area contributed by atoms with Gasteiger partial charge in [0.1, 0.15) is 11.9 Å². The van der Waals surface area contributed by atoms with Gasteiger partial charge in [0.25, 0.3) is 0 Å². The number of rotatable bonds is 3. The Morgan fingerprint density at radius 3 is 2.62 bits per heavy atom. The van der Waals surface area contributed by atoms with Crippen LogP contribution in [0.15, 0.2) is 18.2 Å².